The van der Waals surface area contributed by atoms with E-state index in [4.69, 9.17) is 21.1 Å². The number of rotatable bonds is 2. The van der Waals surface area contributed by atoms with Crippen LogP contribution in [-0.2, 0) is 4.74 Å². The van der Waals surface area contributed by atoms with Gasteiger partial charge in [0, 0.05) is 12.0 Å². The molecule has 2 nitrogen and oxygen atoms in total. The Morgan fingerprint density at radius 2 is 2.41 bits per heavy atom. The maximum Gasteiger partial charge on any atom is 0.124 e. The lowest BCUT2D eigenvalue weighted by Crippen LogP contribution is -2.15. The molecule has 0 bridgehead atoms. The minimum atomic E-state index is 0.189. The summed E-state index contributed by atoms with van der Waals surface area (Å²) in [6, 6.07) is 5.93. The second kappa shape index (κ2) is 5.95. The Labute approximate surface area is 107 Å². The van der Waals surface area contributed by atoms with Crippen LogP contribution in [0.3, 0.4) is 0 Å². The molecule has 0 aliphatic carbocycles. The third-order valence-electron chi connectivity index (χ3n) is 2.68. The summed E-state index contributed by atoms with van der Waals surface area (Å²) < 4.78 is 11.1. The molecule has 1 aliphatic heterocycles. The highest BCUT2D eigenvalue weighted by Gasteiger charge is 2.17. The second-order valence-electron chi connectivity index (χ2n) is 4.02. The van der Waals surface area contributed by atoms with Crippen molar-refractivity contribution in [2.24, 2.45) is 0 Å². The van der Waals surface area contributed by atoms with Crippen molar-refractivity contribution in [1.82, 2.24) is 0 Å². The quantitative estimate of drug-likeness (QED) is 0.594. The van der Waals surface area contributed by atoms with Crippen LogP contribution in [0.25, 0.3) is 0 Å². The molecule has 1 fully saturated rings. The van der Waals surface area contributed by atoms with Crippen molar-refractivity contribution < 1.29 is 9.47 Å². The zero-order chi connectivity index (χ0) is 12.1. The van der Waals surface area contributed by atoms with E-state index in [0.29, 0.717) is 12.5 Å². The Balaban J connectivity index is 2.07. The molecule has 0 N–H and O–H groups in total. The van der Waals surface area contributed by atoms with Gasteiger partial charge in [-0.15, -0.1) is 11.6 Å². The lowest BCUT2D eigenvalue weighted by molar-refractivity contribution is 0.141. The van der Waals surface area contributed by atoms with Gasteiger partial charge in [-0.1, -0.05) is 11.8 Å². The van der Waals surface area contributed by atoms with Crippen LogP contribution in [0.2, 0.25) is 0 Å². The van der Waals surface area contributed by atoms with Crippen LogP contribution < -0.4 is 4.74 Å². The van der Waals surface area contributed by atoms with E-state index in [9.17, 15) is 0 Å². The van der Waals surface area contributed by atoms with E-state index in [0.717, 1.165) is 29.9 Å². The average Bonchev–Trinajstić information content (AvgIpc) is 2.81. The third kappa shape index (κ3) is 3.39. The van der Waals surface area contributed by atoms with Gasteiger partial charge in [0.15, 0.2) is 0 Å². The van der Waals surface area contributed by atoms with Crippen LogP contribution in [0.4, 0.5) is 0 Å². The maximum atomic E-state index is 5.82. The summed E-state index contributed by atoms with van der Waals surface area (Å²) >= 11 is 5.54. The summed E-state index contributed by atoms with van der Waals surface area (Å²) in [5.74, 6) is 7.12. The zero-order valence-electron chi connectivity index (χ0n) is 9.83. The van der Waals surface area contributed by atoms with Gasteiger partial charge >= 0.3 is 0 Å². The highest BCUT2D eigenvalue weighted by molar-refractivity contribution is 6.19. The molecule has 0 amide bonds. The van der Waals surface area contributed by atoms with Crippen molar-refractivity contribution in [2.75, 3.05) is 19.1 Å². The smallest absolute Gasteiger partial charge is 0.124 e. The number of ether oxygens (including phenoxy) is 2. The lowest BCUT2D eigenvalue weighted by Gasteiger charge is -2.12. The summed E-state index contributed by atoms with van der Waals surface area (Å²) in [5, 5.41) is 0. The van der Waals surface area contributed by atoms with Gasteiger partial charge in [0.05, 0.1) is 19.1 Å². The SMILES string of the molecule is Cc1cc(OC2CCOC2)ccc1C#CCCl. The van der Waals surface area contributed by atoms with Crippen molar-refractivity contribution in [3.8, 4) is 17.6 Å². The molecule has 1 heterocycles. The molecule has 0 aromatic heterocycles. The minimum Gasteiger partial charge on any atom is -0.488 e. The predicted molar refractivity (Wildman–Crippen MR) is 68.6 cm³/mol. The Hall–Kier alpha value is -1.17. The molecule has 1 aliphatic rings. The fourth-order valence-corrected chi connectivity index (χ4v) is 1.84. The van der Waals surface area contributed by atoms with Crippen LogP contribution in [0.15, 0.2) is 18.2 Å². The molecular formula is C14H15ClO2. The van der Waals surface area contributed by atoms with E-state index in [1.54, 1.807) is 0 Å². The van der Waals surface area contributed by atoms with Gasteiger partial charge in [-0.05, 0) is 30.7 Å². The second-order valence-corrected chi connectivity index (χ2v) is 4.28. The van der Waals surface area contributed by atoms with Crippen molar-refractivity contribution >= 4 is 11.6 Å². The molecule has 0 saturated carbocycles. The Kier molecular flexibility index (Phi) is 4.30. The van der Waals surface area contributed by atoms with Gasteiger partial charge < -0.3 is 9.47 Å². The number of benzene rings is 1. The summed E-state index contributed by atoms with van der Waals surface area (Å²) in [4.78, 5) is 0. The van der Waals surface area contributed by atoms with Crippen LogP contribution in [0.5, 0.6) is 5.75 Å². The molecule has 90 valence electrons. The fraction of sp³-hybridized carbons (Fsp3) is 0.429. The molecule has 3 heteroatoms. The first-order valence-corrected chi connectivity index (χ1v) is 6.23. The highest BCUT2D eigenvalue weighted by atomic mass is 35.5. The largest absolute Gasteiger partial charge is 0.488 e. The minimum absolute atomic E-state index is 0.189. The van der Waals surface area contributed by atoms with E-state index in [1.807, 2.05) is 25.1 Å². The first-order chi connectivity index (χ1) is 8.29. The lowest BCUT2D eigenvalue weighted by atomic mass is 10.1. The van der Waals surface area contributed by atoms with E-state index < -0.39 is 0 Å². The number of aryl methyl sites for hydroxylation is 1. The van der Waals surface area contributed by atoms with Crippen LogP contribution >= 0.6 is 11.6 Å². The highest BCUT2D eigenvalue weighted by Crippen LogP contribution is 2.20. The molecule has 1 atom stereocenters. The van der Waals surface area contributed by atoms with Gasteiger partial charge in [-0.2, -0.15) is 0 Å². The molecule has 1 aromatic carbocycles. The Morgan fingerprint density at radius 3 is 3.06 bits per heavy atom. The van der Waals surface area contributed by atoms with Crippen molar-refractivity contribution in [1.29, 1.82) is 0 Å². The molecular weight excluding hydrogens is 236 g/mol. The molecule has 1 unspecified atom stereocenters. The van der Waals surface area contributed by atoms with Crippen LogP contribution in [0.1, 0.15) is 17.5 Å². The number of hydrogen-bond donors (Lipinski definition) is 0. The van der Waals surface area contributed by atoms with Crippen molar-refractivity contribution in [3.05, 3.63) is 29.3 Å². The standard InChI is InChI=1S/C14H15ClO2/c1-11-9-13(17-14-6-8-16-10-14)5-4-12(11)3-2-7-15/h4-5,9,14H,6-8,10H2,1H3. The third-order valence-corrected chi connectivity index (χ3v) is 2.81. The summed E-state index contributed by atoms with van der Waals surface area (Å²) in [6.07, 6.45) is 1.15. The summed E-state index contributed by atoms with van der Waals surface area (Å²) in [7, 11) is 0. The average molecular weight is 251 g/mol. The van der Waals surface area contributed by atoms with E-state index in [2.05, 4.69) is 11.8 Å². The van der Waals surface area contributed by atoms with Gasteiger partial charge in [0.1, 0.15) is 11.9 Å². The van der Waals surface area contributed by atoms with E-state index >= 15 is 0 Å². The summed E-state index contributed by atoms with van der Waals surface area (Å²) in [6.45, 7) is 3.51. The Bertz CT molecular complexity index is 439. The van der Waals surface area contributed by atoms with E-state index in [-0.39, 0.29) is 6.10 Å². The number of halogens is 1. The topological polar surface area (TPSA) is 18.5 Å². The molecule has 1 aromatic rings. The molecule has 0 radical (unpaired) electrons. The van der Waals surface area contributed by atoms with Crippen LogP contribution in [0, 0.1) is 18.8 Å². The molecule has 17 heavy (non-hydrogen) atoms. The monoisotopic (exact) mass is 250 g/mol. The predicted octanol–water partition coefficient (Wildman–Crippen LogP) is 2.75. The number of hydrogen-bond acceptors (Lipinski definition) is 2. The van der Waals surface area contributed by atoms with Crippen molar-refractivity contribution in [3.63, 3.8) is 0 Å². The van der Waals surface area contributed by atoms with Gasteiger partial charge in [-0.25, -0.2) is 0 Å². The zero-order valence-corrected chi connectivity index (χ0v) is 10.6. The van der Waals surface area contributed by atoms with Gasteiger partial charge in [-0.3, -0.25) is 0 Å². The maximum absolute atomic E-state index is 5.82. The van der Waals surface area contributed by atoms with E-state index in [1.165, 1.54) is 0 Å². The van der Waals surface area contributed by atoms with Crippen LogP contribution in [-0.4, -0.2) is 25.2 Å². The first-order valence-electron chi connectivity index (χ1n) is 5.69. The number of alkyl halides is 1. The normalized spacial score (nSPS) is 18.6. The van der Waals surface area contributed by atoms with Crippen molar-refractivity contribution in [2.45, 2.75) is 19.4 Å². The van der Waals surface area contributed by atoms with Gasteiger partial charge in [0.25, 0.3) is 0 Å². The molecule has 1 saturated heterocycles. The first kappa shape index (κ1) is 12.3. The summed E-state index contributed by atoms with van der Waals surface area (Å²) in [5.41, 5.74) is 2.11. The fourth-order valence-electron chi connectivity index (χ4n) is 1.78. The molecule has 0 spiro atoms. The van der Waals surface area contributed by atoms with Gasteiger partial charge in [0.2, 0.25) is 0 Å². The Morgan fingerprint density at radius 1 is 1.53 bits per heavy atom. The molecule has 2 rings (SSSR count).